The normalized spacial score (nSPS) is 20.2. The molecule has 1 unspecified atom stereocenters. The molecule has 17 heavy (non-hydrogen) atoms. The molecule has 1 heterocycles. The van der Waals surface area contributed by atoms with Crippen LogP contribution in [-0.4, -0.2) is 12.1 Å². The van der Waals surface area contributed by atoms with Crippen LogP contribution < -0.4 is 5.32 Å². The van der Waals surface area contributed by atoms with Crippen LogP contribution >= 0.6 is 11.3 Å². The fraction of sp³-hybridized carbons (Fsp3) is 0.733. The van der Waals surface area contributed by atoms with Crippen LogP contribution in [0.15, 0.2) is 16.8 Å². The Kier molecular flexibility index (Phi) is 3.65. The minimum absolute atomic E-state index is 0.227. The third-order valence-electron chi connectivity index (χ3n) is 3.77. The molecule has 0 radical (unpaired) electrons. The maximum atomic E-state index is 3.70. The van der Waals surface area contributed by atoms with Gasteiger partial charge >= 0.3 is 0 Å². The highest BCUT2D eigenvalue weighted by Gasteiger charge is 2.41. The van der Waals surface area contributed by atoms with Crippen LogP contribution in [0.3, 0.4) is 0 Å². The smallest absolute Gasteiger partial charge is 0.00967 e. The molecule has 0 bridgehead atoms. The van der Waals surface area contributed by atoms with Gasteiger partial charge in [-0.3, -0.25) is 0 Å². The molecule has 1 aromatic rings. The van der Waals surface area contributed by atoms with Crippen LogP contribution in [0.5, 0.6) is 0 Å². The first-order valence-corrected chi connectivity index (χ1v) is 7.59. The molecule has 1 saturated carbocycles. The van der Waals surface area contributed by atoms with Crippen molar-refractivity contribution in [1.29, 1.82) is 0 Å². The number of hydrogen-bond acceptors (Lipinski definition) is 2. The lowest BCUT2D eigenvalue weighted by atomic mass is 9.79. The van der Waals surface area contributed by atoms with Crippen molar-refractivity contribution in [2.24, 2.45) is 11.3 Å². The summed E-state index contributed by atoms with van der Waals surface area (Å²) in [5.74, 6) is 0.928. The van der Waals surface area contributed by atoms with Gasteiger partial charge in [-0.1, -0.05) is 6.92 Å². The van der Waals surface area contributed by atoms with E-state index in [2.05, 4.69) is 49.8 Å². The van der Waals surface area contributed by atoms with Gasteiger partial charge < -0.3 is 5.32 Å². The van der Waals surface area contributed by atoms with Crippen LogP contribution in [0.4, 0.5) is 0 Å². The molecule has 1 nitrogen and oxygen atoms in total. The molecule has 0 aromatic carbocycles. The average molecular weight is 251 g/mol. The molecule has 96 valence electrons. The Hall–Kier alpha value is -0.340. The number of thiophene rings is 1. The Balaban J connectivity index is 1.99. The lowest BCUT2D eigenvalue weighted by molar-refractivity contribution is 0.228. The van der Waals surface area contributed by atoms with Gasteiger partial charge in [-0.05, 0) is 73.8 Å². The van der Waals surface area contributed by atoms with E-state index in [1.807, 2.05) is 11.3 Å². The van der Waals surface area contributed by atoms with E-state index in [4.69, 9.17) is 0 Å². The average Bonchev–Trinajstić information content (AvgIpc) is 2.97. The van der Waals surface area contributed by atoms with E-state index in [9.17, 15) is 0 Å². The summed E-state index contributed by atoms with van der Waals surface area (Å²) in [5, 5.41) is 8.20. The fourth-order valence-corrected chi connectivity index (χ4v) is 3.13. The summed E-state index contributed by atoms with van der Waals surface area (Å²) in [6.45, 7) is 10.4. The summed E-state index contributed by atoms with van der Waals surface area (Å²) in [6, 6.07) is 2.28. The van der Waals surface area contributed by atoms with Gasteiger partial charge in [0, 0.05) is 12.1 Å². The summed E-state index contributed by atoms with van der Waals surface area (Å²) in [4.78, 5) is 0. The topological polar surface area (TPSA) is 12.0 Å². The zero-order chi connectivity index (χ0) is 12.5. The van der Waals surface area contributed by atoms with Crippen molar-refractivity contribution >= 4 is 11.3 Å². The van der Waals surface area contributed by atoms with Gasteiger partial charge in [0.1, 0.15) is 0 Å². The largest absolute Gasteiger partial charge is 0.312 e. The van der Waals surface area contributed by atoms with Crippen molar-refractivity contribution in [3.63, 3.8) is 0 Å². The predicted molar refractivity (Wildman–Crippen MR) is 76.6 cm³/mol. The standard InChI is InChI=1S/C15H25NS/c1-14(2,3)16-11-15(4,13-5-6-13)9-12-7-8-17-10-12/h7-8,10,13,16H,5-6,9,11H2,1-4H3. The van der Waals surface area contributed by atoms with Crippen LogP contribution in [0.2, 0.25) is 0 Å². The third-order valence-corrected chi connectivity index (χ3v) is 4.51. The van der Waals surface area contributed by atoms with Gasteiger partial charge in [-0.25, -0.2) is 0 Å². The van der Waals surface area contributed by atoms with Gasteiger partial charge in [0.25, 0.3) is 0 Å². The first-order valence-electron chi connectivity index (χ1n) is 6.65. The lowest BCUT2D eigenvalue weighted by Crippen LogP contribution is -2.44. The predicted octanol–water partition coefficient (Wildman–Crippen LogP) is 4.10. The first-order chi connectivity index (χ1) is 7.89. The molecule has 1 aliphatic rings. The van der Waals surface area contributed by atoms with Crippen molar-refractivity contribution in [3.8, 4) is 0 Å². The van der Waals surface area contributed by atoms with Gasteiger partial charge in [-0.2, -0.15) is 11.3 Å². The number of hydrogen-bond donors (Lipinski definition) is 1. The molecule has 1 aliphatic carbocycles. The quantitative estimate of drug-likeness (QED) is 0.831. The van der Waals surface area contributed by atoms with Gasteiger partial charge in [0.2, 0.25) is 0 Å². The van der Waals surface area contributed by atoms with Crippen molar-refractivity contribution in [2.75, 3.05) is 6.54 Å². The summed E-state index contributed by atoms with van der Waals surface area (Å²) in [7, 11) is 0. The highest BCUT2D eigenvalue weighted by Crippen LogP contribution is 2.47. The summed E-state index contributed by atoms with van der Waals surface area (Å²) < 4.78 is 0. The molecular weight excluding hydrogens is 226 g/mol. The van der Waals surface area contributed by atoms with Gasteiger partial charge in [0.15, 0.2) is 0 Å². The first kappa shape index (κ1) is 13.1. The highest BCUT2D eigenvalue weighted by atomic mass is 32.1. The molecule has 2 rings (SSSR count). The molecule has 0 aliphatic heterocycles. The number of rotatable bonds is 5. The molecule has 1 N–H and O–H groups in total. The Morgan fingerprint density at radius 2 is 2.00 bits per heavy atom. The molecule has 0 spiro atoms. The SMILES string of the molecule is CC(C)(C)NCC(C)(Cc1ccsc1)C1CC1. The second-order valence-corrected chi connectivity index (χ2v) is 7.62. The minimum Gasteiger partial charge on any atom is -0.312 e. The summed E-state index contributed by atoms with van der Waals surface area (Å²) >= 11 is 1.82. The van der Waals surface area contributed by atoms with Crippen molar-refractivity contribution < 1.29 is 0 Å². The molecule has 1 atom stereocenters. The highest BCUT2D eigenvalue weighted by molar-refractivity contribution is 7.07. The molecule has 0 amide bonds. The van der Waals surface area contributed by atoms with E-state index in [-0.39, 0.29) is 5.54 Å². The van der Waals surface area contributed by atoms with E-state index in [1.165, 1.54) is 24.8 Å². The Bertz CT molecular complexity index is 345. The second-order valence-electron chi connectivity index (χ2n) is 6.84. The Morgan fingerprint density at radius 1 is 1.29 bits per heavy atom. The monoisotopic (exact) mass is 251 g/mol. The lowest BCUT2D eigenvalue weighted by Gasteiger charge is -2.34. The summed E-state index contributed by atoms with van der Waals surface area (Å²) in [5.41, 5.74) is 2.18. The second kappa shape index (κ2) is 4.74. The van der Waals surface area contributed by atoms with E-state index >= 15 is 0 Å². The summed E-state index contributed by atoms with van der Waals surface area (Å²) in [6.07, 6.45) is 4.07. The van der Waals surface area contributed by atoms with Crippen LogP contribution in [-0.2, 0) is 6.42 Å². The fourth-order valence-electron chi connectivity index (χ4n) is 2.46. The van der Waals surface area contributed by atoms with E-state index in [0.29, 0.717) is 5.41 Å². The Labute approximate surface area is 110 Å². The zero-order valence-corrected chi connectivity index (χ0v) is 12.4. The van der Waals surface area contributed by atoms with E-state index < -0.39 is 0 Å². The third kappa shape index (κ3) is 3.82. The maximum Gasteiger partial charge on any atom is 0.00967 e. The maximum absolute atomic E-state index is 3.70. The van der Waals surface area contributed by atoms with Crippen LogP contribution in [0.25, 0.3) is 0 Å². The van der Waals surface area contributed by atoms with Crippen molar-refractivity contribution in [2.45, 2.75) is 52.5 Å². The minimum atomic E-state index is 0.227. The Morgan fingerprint density at radius 3 is 2.47 bits per heavy atom. The number of nitrogens with one attached hydrogen (secondary N) is 1. The molecule has 2 heteroatoms. The van der Waals surface area contributed by atoms with E-state index in [1.54, 1.807) is 0 Å². The molecule has 0 saturated heterocycles. The molecule has 1 aromatic heterocycles. The van der Waals surface area contributed by atoms with Gasteiger partial charge in [0.05, 0.1) is 0 Å². The van der Waals surface area contributed by atoms with Crippen LogP contribution in [0.1, 0.15) is 46.1 Å². The van der Waals surface area contributed by atoms with Gasteiger partial charge in [-0.15, -0.1) is 0 Å². The zero-order valence-electron chi connectivity index (χ0n) is 11.5. The van der Waals surface area contributed by atoms with Crippen LogP contribution in [0, 0.1) is 11.3 Å². The van der Waals surface area contributed by atoms with E-state index in [0.717, 1.165) is 12.5 Å². The van der Waals surface area contributed by atoms with Crippen molar-refractivity contribution in [1.82, 2.24) is 5.32 Å². The molecule has 1 fully saturated rings. The van der Waals surface area contributed by atoms with Crippen molar-refractivity contribution in [3.05, 3.63) is 22.4 Å². The molecular formula is C15H25NS.